The molecule has 7 heteroatoms. The van der Waals surface area contributed by atoms with Gasteiger partial charge in [0.2, 0.25) is 0 Å². The van der Waals surface area contributed by atoms with Crippen LogP contribution in [0.1, 0.15) is 27.0 Å². The Morgan fingerprint density at radius 1 is 0.968 bits per heavy atom. The van der Waals surface area contributed by atoms with Crippen LogP contribution in [0.25, 0.3) is 0 Å². The average Bonchev–Trinajstić information content (AvgIpc) is 3.30. The number of nitrogens with zero attached hydrogens (tertiary/aromatic N) is 3. The van der Waals surface area contributed by atoms with E-state index in [1.165, 1.54) is 6.33 Å². The molecule has 0 aliphatic heterocycles. The van der Waals surface area contributed by atoms with Crippen molar-refractivity contribution in [3.8, 4) is 5.75 Å². The zero-order valence-electron chi connectivity index (χ0n) is 16.7. The molecule has 0 unspecified atom stereocenters. The van der Waals surface area contributed by atoms with Crippen LogP contribution in [0, 0.1) is 0 Å². The Balaban J connectivity index is 1.38. The molecule has 1 aromatic heterocycles. The molecule has 0 atom stereocenters. The summed E-state index contributed by atoms with van der Waals surface area (Å²) in [4.78, 5) is 16.8. The van der Waals surface area contributed by atoms with Crippen molar-refractivity contribution in [1.29, 1.82) is 0 Å². The first-order valence-electron chi connectivity index (χ1n) is 9.82. The number of carbonyl (C=O) groups is 1. The summed E-state index contributed by atoms with van der Waals surface area (Å²) in [6, 6.07) is 22.7. The van der Waals surface area contributed by atoms with Crippen LogP contribution in [0.5, 0.6) is 5.75 Å². The van der Waals surface area contributed by atoms with Gasteiger partial charge in [-0.3, -0.25) is 4.79 Å². The Bertz CT molecular complexity index is 1140. The first-order chi connectivity index (χ1) is 15.2. The Morgan fingerprint density at radius 3 is 2.58 bits per heavy atom. The van der Waals surface area contributed by atoms with Gasteiger partial charge in [0.05, 0.1) is 12.1 Å². The first kappa shape index (κ1) is 20.6. The number of nitrogens with one attached hydrogen (secondary N) is 1. The number of ether oxygens (including phenoxy) is 1. The van der Waals surface area contributed by atoms with Crippen molar-refractivity contribution in [3.63, 3.8) is 0 Å². The van der Waals surface area contributed by atoms with Gasteiger partial charge in [0.1, 0.15) is 25.0 Å². The van der Waals surface area contributed by atoms with Crippen LogP contribution < -0.4 is 10.1 Å². The molecular formula is C24H21ClN4O2. The number of halogens is 1. The Kier molecular flexibility index (Phi) is 6.59. The minimum atomic E-state index is -0.187. The molecule has 0 spiro atoms. The number of amides is 1. The van der Waals surface area contributed by atoms with Crippen LogP contribution in [-0.2, 0) is 19.7 Å². The Morgan fingerprint density at radius 2 is 1.77 bits per heavy atom. The van der Waals surface area contributed by atoms with Gasteiger partial charge in [0.15, 0.2) is 0 Å². The predicted molar refractivity (Wildman–Crippen MR) is 119 cm³/mol. The van der Waals surface area contributed by atoms with Crippen LogP contribution in [0.3, 0.4) is 0 Å². The summed E-state index contributed by atoms with van der Waals surface area (Å²) in [7, 11) is 0. The van der Waals surface area contributed by atoms with Gasteiger partial charge >= 0.3 is 0 Å². The molecule has 1 N–H and O–H groups in total. The lowest BCUT2D eigenvalue weighted by molar-refractivity contribution is 0.0946. The van der Waals surface area contributed by atoms with Crippen molar-refractivity contribution < 1.29 is 9.53 Å². The number of carbonyl (C=O) groups excluding carboxylic acids is 1. The van der Waals surface area contributed by atoms with Crippen LogP contribution >= 0.6 is 11.6 Å². The average molecular weight is 433 g/mol. The van der Waals surface area contributed by atoms with E-state index in [2.05, 4.69) is 15.4 Å². The molecule has 3 aromatic carbocycles. The molecular weight excluding hydrogens is 412 g/mol. The molecule has 1 amide bonds. The largest absolute Gasteiger partial charge is 0.488 e. The third-order valence-electron chi connectivity index (χ3n) is 4.69. The number of hydrogen-bond acceptors (Lipinski definition) is 4. The van der Waals surface area contributed by atoms with Crippen LogP contribution in [0.2, 0.25) is 5.02 Å². The molecule has 6 nitrogen and oxygen atoms in total. The molecule has 0 bridgehead atoms. The minimum Gasteiger partial charge on any atom is -0.488 e. The molecule has 0 fully saturated rings. The highest BCUT2D eigenvalue weighted by Gasteiger charge is 2.12. The zero-order chi connectivity index (χ0) is 21.5. The monoisotopic (exact) mass is 432 g/mol. The predicted octanol–water partition coefficient (Wildman–Crippen LogP) is 4.49. The summed E-state index contributed by atoms with van der Waals surface area (Å²) >= 11 is 5.93. The molecule has 4 rings (SSSR count). The first-order valence-corrected chi connectivity index (χ1v) is 10.2. The maximum Gasteiger partial charge on any atom is 0.255 e. The molecule has 0 radical (unpaired) electrons. The van der Waals surface area contributed by atoms with Crippen molar-refractivity contribution in [2.24, 2.45) is 0 Å². The van der Waals surface area contributed by atoms with Gasteiger partial charge in [-0.25, -0.2) is 9.67 Å². The Hall–Kier alpha value is -3.64. The second-order valence-corrected chi connectivity index (χ2v) is 7.44. The van der Waals surface area contributed by atoms with E-state index in [4.69, 9.17) is 16.3 Å². The topological polar surface area (TPSA) is 69.0 Å². The van der Waals surface area contributed by atoms with Crippen molar-refractivity contribution in [2.45, 2.75) is 19.7 Å². The van der Waals surface area contributed by atoms with E-state index in [-0.39, 0.29) is 5.91 Å². The maximum absolute atomic E-state index is 12.8. The third-order valence-corrected chi connectivity index (χ3v) is 4.95. The van der Waals surface area contributed by atoms with E-state index >= 15 is 0 Å². The fourth-order valence-corrected chi connectivity index (χ4v) is 3.26. The molecule has 4 aromatic rings. The molecule has 0 saturated heterocycles. The van der Waals surface area contributed by atoms with Gasteiger partial charge in [-0.05, 0) is 41.0 Å². The van der Waals surface area contributed by atoms with Gasteiger partial charge in [-0.15, -0.1) is 0 Å². The lowest BCUT2D eigenvalue weighted by Crippen LogP contribution is -2.23. The smallest absolute Gasteiger partial charge is 0.255 e. The van der Waals surface area contributed by atoms with Gasteiger partial charge in [0, 0.05) is 11.6 Å². The van der Waals surface area contributed by atoms with E-state index in [0.29, 0.717) is 36.0 Å². The number of benzene rings is 3. The van der Waals surface area contributed by atoms with E-state index in [0.717, 1.165) is 16.7 Å². The highest BCUT2D eigenvalue weighted by molar-refractivity contribution is 6.30. The standard InChI is InChI=1S/C24H21ClN4O2/c25-21-10-8-18(9-11-21)15-31-23-7-2-1-6-22(23)24(30)27-13-19-4-3-5-20(12-19)14-29-17-26-16-28-29/h1-12,16-17H,13-15H2,(H,27,30). The van der Waals surface area contributed by atoms with Crippen molar-refractivity contribution in [1.82, 2.24) is 20.1 Å². The molecule has 156 valence electrons. The zero-order valence-corrected chi connectivity index (χ0v) is 17.5. The fourth-order valence-electron chi connectivity index (χ4n) is 3.14. The normalized spacial score (nSPS) is 10.6. The third kappa shape index (κ3) is 5.71. The summed E-state index contributed by atoms with van der Waals surface area (Å²) in [5.41, 5.74) is 3.56. The number of aromatic nitrogens is 3. The highest BCUT2D eigenvalue weighted by Crippen LogP contribution is 2.20. The number of para-hydroxylation sites is 1. The van der Waals surface area contributed by atoms with E-state index in [9.17, 15) is 4.79 Å². The molecule has 1 heterocycles. The molecule has 0 saturated carbocycles. The van der Waals surface area contributed by atoms with Crippen molar-refractivity contribution >= 4 is 17.5 Å². The van der Waals surface area contributed by atoms with E-state index < -0.39 is 0 Å². The molecule has 31 heavy (non-hydrogen) atoms. The van der Waals surface area contributed by atoms with Crippen LogP contribution in [0.15, 0.2) is 85.5 Å². The number of hydrogen-bond donors (Lipinski definition) is 1. The summed E-state index contributed by atoms with van der Waals surface area (Å²) in [6.45, 7) is 1.39. The minimum absolute atomic E-state index is 0.187. The van der Waals surface area contributed by atoms with E-state index in [1.807, 2.05) is 60.7 Å². The lowest BCUT2D eigenvalue weighted by Gasteiger charge is -2.12. The van der Waals surface area contributed by atoms with Crippen LogP contribution in [0.4, 0.5) is 0 Å². The lowest BCUT2D eigenvalue weighted by atomic mass is 10.1. The second kappa shape index (κ2) is 9.91. The Labute approximate surface area is 185 Å². The SMILES string of the molecule is O=C(NCc1cccc(Cn2cncn2)c1)c1ccccc1OCc1ccc(Cl)cc1. The second-order valence-electron chi connectivity index (χ2n) is 7.01. The summed E-state index contributed by atoms with van der Waals surface area (Å²) < 4.78 is 7.65. The summed E-state index contributed by atoms with van der Waals surface area (Å²) in [6.07, 6.45) is 3.19. The van der Waals surface area contributed by atoms with Gasteiger partial charge in [-0.2, -0.15) is 5.10 Å². The van der Waals surface area contributed by atoms with Crippen molar-refractivity contribution in [3.05, 3.63) is 113 Å². The summed E-state index contributed by atoms with van der Waals surface area (Å²) in [5.74, 6) is 0.350. The summed E-state index contributed by atoms with van der Waals surface area (Å²) in [5, 5.41) is 7.77. The van der Waals surface area contributed by atoms with Gasteiger partial charge < -0.3 is 10.1 Å². The molecule has 0 aliphatic carbocycles. The number of rotatable bonds is 8. The van der Waals surface area contributed by atoms with Gasteiger partial charge in [0.25, 0.3) is 5.91 Å². The molecule has 0 aliphatic rings. The maximum atomic E-state index is 12.8. The van der Waals surface area contributed by atoms with Crippen molar-refractivity contribution in [2.75, 3.05) is 0 Å². The van der Waals surface area contributed by atoms with Crippen LogP contribution in [-0.4, -0.2) is 20.7 Å². The highest BCUT2D eigenvalue weighted by atomic mass is 35.5. The quantitative estimate of drug-likeness (QED) is 0.445. The van der Waals surface area contributed by atoms with Gasteiger partial charge in [-0.1, -0.05) is 60.1 Å². The fraction of sp³-hybridized carbons (Fsp3) is 0.125. The van der Waals surface area contributed by atoms with E-state index in [1.54, 1.807) is 23.1 Å².